The number of halogens is 1. The zero-order valence-corrected chi connectivity index (χ0v) is 12.6. The molecule has 0 aliphatic heterocycles. The molecule has 0 unspecified atom stereocenters. The van der Waals surface area contributed by atoms with Gasteiger partial charge in [-0.25, -0.2) is 4.79 Å². The number of rotatable bonds is 4. The van der Waals surface area contributed by atoms with Crippen molar-refractivity contribution in [1.82, 2.24) is 0 Å². The Morgan fingerprint density at radius 2 is 2.00 bits per heavy atom. The summed E-state index contributed by atoms with van der Waals surface area (Å²) in [7, 11) is 0. The van der Waals surface area contributed by atoms with Crippen molar-refractivity contribution in [2.75, 3.05) is 0 Å². The number of carbonyl (C=O) groups excluding carboxylic acids is 1. The Balaban J connectivity index is 2.20. The number of phenols is 1. The molecule has 0 fully saturated rings. The summed E-state index contributed by atoms with van der Waals surface area (Å²) in [5, 5.41) is 24.0. The number of nitrogens with zero attached hydrogens (tertiary/aromatic N) is 2. The Morgan fingerprint density at radius 3 is 2.65 bits per heavy atom. The molecule has 0 bridgehead atoms. The molecule has 0 heterocycles. The number of para-hydroxylation sites is 1. The van der Waals surface area contributed by atoms with E-state index in [9.17, 15) is 20.0 Å². The Hall–Kier alpha value is -2.93. The normalized spacial score (nSPS) is 11.1. The second kappa shape index (κ2) is 6.89. The van der Waals surface area contributed by atoms with Gasteiger partial charge >= 0.3 is 5.97 Å². The second-order valence-corrected chi connectivity index (χ2v) is 4.90. The number of hydrogen-bond acceptors (Lipinski definition) is 6. The molecule has 0 saturated carbocycles. The average Bonchev–Trinajstić information content (AvgIpc) is 2.52. The van der Waals surface area contributed by atoms with Gasteiger partial charge in [-0.05, 0) is 31.2 Å². The van der Waals surface area contributed by atoms with Gasteiger partial charge in [-0.2, -0.15) is 0 Å². The van der Waals surface area contributed by atoms with E-state index in [0.717, 1.165) is 6.07 Å². The van der Waals surface area contributed by atoms with Crippen LogP contribution in [0.4, 0.5) is 5.69 Å². The van der Waals surface area contributed by atoms with Gasteiger partial charge in [0, 0.05) is 11.6 Å². The van der Waals surface area contributed by atoms with Crippen LogP contribution in [-0.2, 0) is 4.84 Å². The standard InChI is InChI=1S/C15H11ClN2O5/c1-9(11-4-2-3-5-14(11)19)17-23-15(20)10-6-7-12(16)13(8-10)18(21)22/h2-8,19H,1H3/b17-9+. The lowest BCUT2D eigenvalue weighted by molar-refractivity contribution is -0.384. The molecule has 2 aromatic rings. The van der Waals surface area contributed by atoms with E-state index in [0.29, 0.717) is 5.56 Å². The average molecular weight is 335 g/mol. The molecule has 2 aromatic carbocycles. The van der Waals surface area contributed by atoms with Crippen LogP contribution < -0.4 is 0 Å². The van der Waals surface area contributed by atoms with Gasteiger partial charge in [-0.3, -0.25) is 10.1 Å². The number of phenolic OH excluding ortho intramolecular Hbond substituents is 1. The summed E-state index contributed by atoms with van der Waals surface area (Å²) in [6.45, 7) is 1.55. The summed E-state index contributed by atoms with van der Waals surface area (Å²) in [6, 6.07) is 9.95. The highest BCUT2D eigenvalue weighted by Crippen LogP contribution is 2.25. The highest BCUT2D eigenvalue weighted by molar-refractivity contribution is 6.32. The highest BCUT2D eigenvalue weighted by atomic mass is 35.5. The topological polar surface area (TPSA) is 102 Å². The maximum atomic E-state index is 11.9. The van der Waals surface area contributed by atoms with Crippen LogP contribution in [0.2, 0.25) is 5.02 Å². The van der Waals surface area contributed by atoms with Crippen LogP contribution in [0, 0.1) is 10.1 Å². The predicted molar refractivity (Wildman–Crippen MR) is 83.8 cm³/mol. The minimum absolute atomic E-state index is 0.00747. The molecule has 2 rings (SSSR count). The third kappa shape index (κ3) is 3.83. The maximum absolute atomic E-state index is 11.9. The number of carbonyl (C=O) groups is 1. The van der Waals surface area contributed by atoms with Gasteiger partial charge in [0.1, 0.15) is 10.8 Å². The summed E-state index contributed by atoms with van der Waals surface area (Å²) in [6.07, 6.45) is 0. The van der Waals surface area contributed by atoms with E-state index in [1.807, 2.05) is 0 Å². The minimum Gasteiger partial charge on any atom is -0.507 e. The van der Waals surface area contributed by atoms with Crippen molar-refractivity contribution in [2.24, 2.45) is 5.16 Å². The van der Waals surface area contributed by atoms with Gasteiger partial charge < -0.3 is 9.94 Å². The van der Waals surface area contributed by atoms with Crippen LogP contribution in [-0.4, -0.2) is 21.7 Å². The molecule has 118 valence electrons. The molecular weight excluding hydrogens is 324 g/mol. The van der Waals surface area contributed by atoms with Gasteiger partial charge in [-0.1, -0.05) is 28.9 Å². The van der Waals surface area contributed by atoms with E-state index < -0.39 is 16.6 Å². The maximum Gasteiger partial charge on any atom is 0.365 e. The smallest absolute Gasteiger partial charge is 0.365 e. The van der Waals surface area contributed by atoms with Crippen molar-refractivity contribution in [3.63, 3.8) is 0 Å². The van der Waals surface area contributed by atoms with Gasteiger partial charge in [0.2, 0.25) is 0 Å². The SMILES string of the molecule is C/C(=N\OC(=O)c1ccc(Cl)c([N+](=O)[O-])c1)c1ccccc1O. The van der Waals surface area contributed by atoms with E-state index in [-0.39, 0.29) is 22.0 Å². The zero-order valence-electron chi connectivity index (χ0n) is 11.9. The molecule has 1 N–H and O–H groups in total. The van der Waals surface area contributed by atoms with Crippen LogP contribution in [0.15, 0.2) is 47.6 Å². The van der Waals surface area contributed by atoms with Crippen molar-refractivity contribution in [3.8, 4) is 5.75 Å². The first-order valence-corrected chi connectivity index (χ1v) is 6.76. The van der Waals surface area contributed by atoms with Crippen molar-refractivity contribution in [2.45, 2.75) is 6.92 Å². The van der Waals surface area contributed by atoms with Crippen molar-refractivity contribution in [1.29, 1.82) is 0 Å². The summed E-state index contributed by atoms with van der Waals surface area (Å²) in [5.74, 6) is -0.883. The minimum atomic E-state index is -0.875. The molecule has 0 radical (unpaired) electrons. The summed E-state index contributed by atoms with van der Waals surface area (Å²) in [4.78, 5) is 26.7. The molecule has 0 saturated heterocycles. The van der Waals surface area contributed by atoms with Gasteiger partial charge in [0.25, 0.3) is 5.69 Å². The summed E-state index contributed by atoms with van der Waals surface area (Å²) < 4.78 is 0. The first-order chi connectivity index (χ1) is 10.9. The molecule has 8 heteroatoms. The van der Waals surface area contributed by atoms with Crippen LogP contribution >= 0.6 is 11.6 Å². The fraction of sp³-hybridized carbons (Fsp3) is 0.0667. The predicted octanol–water partition coefficient (Wildman–Crippen LogP) is 3.53. The Kier molecular flexibility index (Phi) is 4.92. The first kappa shape index (κ1) is 16.4. The van der Waals surface area contributed by atoms with E-state index in [1.54, 1.807) is 25.1 Å². The van der Waals surface area contributed by atoms with Crippen LogP contribution in [0.3, 0.4) is 0 Å². The van der Waals surface area contributed by atoms with Crippen LogP contribution in [0.5, 0.6) is 5.75 Å². The summed E-state index contributed by atoms with van der Waals surface area (Å²) >= 11 is 5.67. The van der Waals surface area contributed by atoms with Crippen molar-refractivity contribution >= 4 is 29.0 Å². The van der Waals surface area contributed by atoms with E-state index >= 15 is 0 Å². The molecule has 0 aliphatic rings. The molecule has 0 aliphatic carbocycles. The molecule has 23 heavy (non-hydrogen) atoms. The number of nitro groups is 1. The number of nitro benzene ring substituents is 1. The van der Waals surface area contributed by atoms with Gasteiger partial charge in [0.05, 0.1) is 16.2 Å². The van der Waals surface area contributed by atoms with Gasteiger partial charge in [0.15, 0.2) is 0 Å². The van der Waals surface area contributed by atoms with Crippen LogP contribution in [0.25, 0.3) is 0 Å². The monoisotopic (exact) mass is 334 g/mol. The highest BCUT2D eigenvalue weighted by Gasteiger charge is 2.17. The number of benzene rings is 2. The van der Waals surface area contributed by atoms with Crippen LogP contribution in [0.1, 0.15) is 22.8 Å². The second-order valence-electron chi connectivity index (χ2n) is 4.50. The zero-order chi connectivity index (χ0) is 17.0. The van der Waals surface area contributed by atoms with E-state index in [4.69, 9.17) is 16.4 Å². The number of hydrogen-bond donors (Lipinski definition) is 1. The molecule has 0 amide bonds. The van der Waals surface area contributed by atoms with Gasteiger partial charge in [-0.15, -0.1) is 0 Å². The van der Waals surface area contributed by atoms with Crippen molar-refractivity contribution < 1.29 is 19.7 Å². The molecule has 0 aromatic heterocycles. The Morgan fingerprint density at radius 1 is 1.30 bits per heavy atom. The lowest BCUT2D eigenvalue weighted by Crippen LogP contribution is -2.05. The molecule has 0 atom stereocenters. The molecule has 7 nitrogen and oxygen atoms in total. The fourth-order valence-electron chi connectivity index (χ4n) is 1.77. The Labute approximate surface area is 135 Å². The fourth-order valence-corrected chi connectivity index (χ4v) is 1.96. The Bertz CT molecular complexity index is 804. The lowest BCUT2D eigenvalue weighted by Gasteiger charge is -2.04. The van der Waals surface area contributed by atoms with E-state index in [1.165, 1.54) is 18.2 Å². The van der Waals surface area contributed by atoms with E-state index in [2.05, 4.69) is 5.16 Å². The molecular formula is C15H11ClN2O5. The number of oxime groups is 1. The lowest BCUT2D eigenvalue weighted by atomic mass is 10.1. The number of aromatic hydroxyl groups is 1. The molecule has 0 spiro atoms. The third-order valence-corrected chi connectivity index (χ3v) is 3.26. The summed E-state index contributed by atoms with van der Waals surface area (Å²) in [5.41, 5.74) is 0.222. The van der Waals surface area contributed by atoms with Crippen molar-refractivity contribution in [3.05, 3.63) is 68.7 Å². The third-order valence-electron chi connectivity index (χ3n) is 2.94. The largest absolute Gasteiger partial charge is 0.507 e. The first-order valence-electron chi connectivity index (χ1n) is 6.38. The quantitative estimate of drug-likeness (QED) is 0.399.